The van der Waals surface area contributed by atoms with Gasteiger partial charge in [0.25, 0.3) is 11.8 Å². The van der Waals surface area contributed by atoms with Crippen LogP contribution in [0.3, 0.4) is 0 Å². The number of nitrogens with zero attached hydrogens (tertiary/aromatic N) is 1. The lowest BCUT2D eigenvalue weighted by molar-refractivity contribution is -0.136. The SMILES string of the molecule is O=CCOc1cccc2c1C(=O)N(C1CCC(=O)NC1=O)C2=O. The van der Waals surface area contributed by atoms with E-state index in [0.29, 0.717) is 6.29 Å². The minimum absolute atomic E-state index is 0.0315. The van der Waals surface area contributed by atoms with Gasteiger partial charge in [-0.05, 0) is 18.6 Å². The van der Waals surface area contributed by atoms with Crippen LogP contribution in [-0.4, -0.2) is 47.5 Å². The highest BCUT2D eigenvalue weighted by Gasteiger charge is 2.45. The zero-order chi connectivity index (χ0) is 16.6. The molecule has 0 radical (unpaired) electrons. The van der Waals surface area contributed by atoms with Crippen LogP contribution in [0.2, 0.25) is 0 Å². The first-order valence-corrected chi connectivity index (χ1v) is 6.95. The summed E-state index contributed by atoms with van der Waals surface area (Å²) in [6, 6.07) is 3.42. The Morgan fingerprint density at radius 3 is 2.70 bits per heavy atom. The van der Waals surface area contributed by atoms with Gasteiger partial charge >= 0.3 is 0 Å². The van der Waals surface area contributed by atoms with Gasteiger partial charge in [0, 0.05) is 6.42 Å². The van der Waals surface area contributed by atoms with Crippen LogP contribution in [0.5, 0.6) is 5.75 Å². The third-order valence-electron chi connectivity index (χ3n) is 3.74. The summed E-state index contributed by atoms with van der Waals surface area (Å²) in [5.74, 6) is -2.27. The molecule has 1 atom stereocenters. The molecule has 118 valence electrons. The molecule has 0 saturated carbocycles. The fourth-order valence-electron chi connectivity index (χ4n) is 2.73. The summed E-state index contributed by atoms with van der Waals surface area (Å²) in [6.45, 7) is -0.254. The fraction of sp³-hybridized carbons (Fsp3) is 0.267. The van der Waals surface area contributed by atoms with Crippen molar-refractivity contribution in [1.29, 1.82) is 0 Å². The molecular weight excluding hydrogens is 304 g/mol. The molecule has 1 saturated heterocycles. The standard InChI is InChI=1S/C15H12N2O6/c18-6-7-23-10-3-1-2-8-12(10)15(22)17(14(8)21)9-4-5-11(19)16-13(9)20/h1-3,6,9H,4-5,7H2,(H,16,19,20). The van der Waals surface area contributed by atoms with E-state index in [1.54, 1.807) is 0 Å². The second kappa shape index (κ2) is 5.64. The molecule has 3 rings (SSSR count). The molecular formula is C15H12N2O6. The van der Waals surface area contributed by atoms with Crippen molar-refractivity contribution < 1.29 is 28.7 Å². The van der Waals surface area contributed by atoms with Crippen LogP contribution < -0.4 is 10.1 Å². The summed E-state index contributed by atoms with van der Waals surface area (Å²) in [5.41, 5.74) is 0.146. The lowest BCUT2D eigenvalue weighted by Crippen LogP contribution is -2.54. The summed E-state index contributed by atoms with van der Waals surface area (Å²) in [7, 11) is 0. The van der Waals surface area contributed by atoms with Crippen molar-refractivity contribution in [1.82, 2.24) is 10.2 Å². The van der Waals surface area contributed by atoms with E-state index in [1.165, 1.54) is 18.2 Å². The minimum Gasteiger partial charge on any atom is -0.485 e. The van der Waals surface area contributed by atoms with E-state index in [2.05, 4.69) is 5.32 Å². The number of benzene rings is 1. The first kappa shape index (κ1) is 14.9. The normalized spacial score (nSPS) is 20.3. The predicted octanol–water partition coefficient (Wildman–Crippen LogP) is -0.335. The van der Waals surface area contributed by atoms with Crippen molar-refractivity contribution in [2.75, 3.05) is 6.61 Å². The fourth-order valence-corrected chi connectivity index (χ4v) is 2.73. The van der Waals surface area contributed by atoms with Crippen molar-refractivity contribution >= 4 is 29.9 Å². The lowest BCUT2D eigenvalue weighted by Gasteiger charge is -2.27. The number of fused-ring (bicyclic) bond motifs is 1. The quantitative estimate of drug-likeness (QED) is 0.601. The molecule has 4 amide bonds. The van der Waals surface area contributed by atoms with Crippen LogP contribution in [-0.2, 0) is 14.4 Å². The maximum atomic E-state index is 12.6. The number of imide groups is 2. The number of rotatable bonds is 4. The molecule has 2 aliphatic rings. The number of aldehydes is 1. The Labute approximate surface area is 130 Å². The summed E-state index contributed by atoms with van der Waals surface area (Å²) >= 11 is 0. The lowest BCUT2D eigenvalue weighted by atomic mass is 10.0. The molecule has 1 unspecified atom stereocenters. The maximum Gasteiger partial charge on any atom is 0.266 e. The molecule has 0 spiro atoms. The van der Waals surface area contributed by atoms with Gasteiger partial charge in [0.1, 0.15) is 18.4 Å². The van der Waals surface area contributed by atoms with Gasteiger partial charge in [0.05, 0.1) is 11.1 Å². The number of nitrogens with one attached hydrogen (secondary N) is 1. The van der Waals surface area contributed by atoms with Crippen molar-refractivity contribution in [3.8, 4) is 5.75 Å². The predicted molar refractivity (Wildman–Crippen MR) is 74.7 cm³/mol. The van der Waals surface area contributed by atoms with Crippen molar-refractivity contribution in [2.24, 2.45) is 0 Å². The summed E-state index contributed by atoms with van der Waals surface area (Å²) in [4.78, 5) is 59.5. The Morgan fingerprint density at radius 2 is 2.00 bits per heavy atom. The van der Waals surface area contributed by atoms with E-state index in [9.17, 15) is 24.0 Å². The summed E-state index contributed by atoms with van der Waals surface area (Å²) < 4.78 is 5.17. The van der Waals surface area contributed by atoms with Gasteiger partial charge in [-0.3, -0.25) is 34.2 Å². The van der Waals surface area contributed by atoms with Gasteiger partial charge in [0.2, 0.25) is 11.8 Å². The Balaban J connectivity index is 1.96. The van der Waals surface area contributed by atoms with Crippen molar-refractivity contribution in [3.63, 3.8) is 0 Å². The number of piperidine rings is 1. The molecule has 2 aliphatic heterocycles. The third kappa shape index (κ3) is 2.37. The van der Waals surface area contributed by atoms with Crippen LogP contribution in [0.4, 0.5) is 0 Å². The minimum atomic E-state index is -1.03. The summed E-state index contributed by atoms with van der Waals surface area (Å²) in [6.07, 6.45) is 0.664. The molecule has 8 nitrogen and oxygen atoms in total. The van der Waals surface area contributed by atoms with Crippen LogP contribution >= 0.6 is 0 Å². The van der Waals surface area contributed by atoms with E-state index in [0.717, 1.165) is 4.90 Å². The van der Waals surface area contributed by atoms with Crippen molar-refractivity contribution in [2.45, 2.75) is 18.9 Å². The Bertz CT molecular complexity index is 741. The zero-order valence-electron chi connectivity index (χ0n) is 11.9. The van der Waals surface area contributed by atoms with Gasteiger partial charge in [-0.2, -0.15) is 0 Å². The average molecular weight is 316 g/mol. The third-order valence-corrected chi connectivity index (χ3v) is 3.74. The molecule has 0 aliphatic carbocycles. The van der Waals surface area contributed by atoms with E-state index in [1.807, 2.05) is 0 Å². The molecule has 1 fully saturated rings. The molecule has 1 N–H and O–H groups in total. The Morgan fingerprint density at radius 1 is 1.22 bits per heavy atom. The molecule has 8 heteroatoms. The Kier molecular flexibility index (Phi) is 3.65. The molecule has 1 aromatic rings. The highest BCUT2D eigenvalue weighted by atomic mass is 16.5. The number of hydrogen-bond donors (Lipinski definition) is 1. The maximum absolute atomic E-state index is 12.6. The summed E-state index contributed by atoms with van der Waals surface area (Å²) in [5, 5.41) is 2.12. The number of amides is 4. The second-order valence-corrected chi connectivity index (χ2v) is 5.10. The average Bonchev–Trinajstić information content (AvgIpc) is 2.78. The van der Waals surface area contributed by atoms with E-state index < -0.39 is 29.7 Å². The van der Waals surface area contributed by atoms with Crippen LogP contribution in [0.15, 0.2) is 18.2 Å². The van der Waals surface area contributed by atoms with Gasteiger partial charge in [-0.1, -0.05) is 6.07 Å². The van der Waals surface area contributed by atoms with Crippen LogP contribution in [0, 0.1) is 0 Å². The second-order valence-electron chi connectivity index (χ2n) is 5.10. The smallest absolute Gasteiger partial charge is 0.266 e. The number of carbonyl (C=O) groups is 5. The Hall–Kier alpha value is -3.03. The molecule has 2 heterocycles. The van der Waals surface area contributed by atoms with Crippen LogP contribution in [0.25, 0.3) is 0 Å². The van der Waals surface area contributed by atoms with E-state index in [4.69, 9.17) is 4.74 Å². The first-order valence-electron chi connectivity index (χ1n) is 6.95. The topological polar surface area (TPSA) is 110 Å². The number of carbonyl (C=O) groups excluding carboxylic acids is 5. The van der Waals surface area contributed by atoms with Gasteiger partial charge < -0.3 is 4.74 Å². The van der Waals surface area contributed by atoms with Crippen molar-refractivity contribution in [3.05, 3.63) is 29.3 Å². The van der Waals surface area contributed by atoms with E-state index >= 15 is 0 Å². The molecule has 1 aromatic carbocycles. The zero-order valence-corrected chi connectivity index (χ0v) is 11.9. The highest BCUT2D eigenvalue weighted by molar-refractivity contribution is 6.24. The van der Waals surface area contributed by atoms with E-state index in [-0.39, 0.29) is 36.3 Å². The number of hydrogen-bond acceptors (Lipinski definition) is 6. The molecule has 0 bridgehead atoms. The molecule has 0 aromatic heterocycles. The number of ether oxygens (including phenoxy) is 1. The first-order chi connectivity index (χ1) is 11.0. The highest BCUT2D eigenvalue weighted by Crippen LogP contribution is 2.33. The largest absolute Gasteiger partial charge is 0.485 e. The molecule has 23 heavy (non-hydrogen) atoms. The van der Waals surface area contributed by atoms with Crippen LogP contribution in [0.1, 0.15) is 33.6 Å². The van der Waals surface area contributed by atoms with Gasteiger partial charge in [0.15, 0.2) is 6.29 Å². The van der Waals surface area contributed by atoms with Gasteiger partial charge in [-0.25, -0.2) is 0 Å². The monoisotopic (exact) mass is 316 g/mol. The van der Waals surface area contributed by atoms with Gasteiger partial charge in [-0.15, -0.1) is 0 Å².